The maximum absolute atomic E-state index is 6.02. The molecular formula is C24H34N4O2. The van der Waals surface area contributed by atoms with Crippen molar-refractivity contribution in [2.45, 2.75) is 38.8 Å². The number of hydrogen-bond acceptors (Lipinski definition) is 4. The fraction of sp³-hybridized carbons (Fsp3) is 0.458. The number of nitrogens with zero attached hydrogens (tertiary/aromatic N) is 2. The maximum atomic E-state index is 6.02. The van der Waals surface area contributed by atoms with Gasteiger partial charge in [0.25, 0.3) is 0 Å². The van der Waals surface area contributed by atoms with E-state index in [2.05, 4.69) is 51.7 Å². The number of guanidine groups is 1. The van der Waals surface area contributed by atoms with E-state index in [1.807, 2.05) is 31.2 Å². The van der Waals surface area contributed by atoms with Crippen LogP contribution in [-0.2, 0) is 0 Å². The molecule has 1 fully saturated rings. The van der Waals surface area contributed by atoms with E-state index in [1.165, 1.54) is 24.1 Å². The smallest absolute Gasteiger partial charge is 0.191 e. The molecule has 0 spiro atoms. The minimum atomic E-state index is -0.0475. The van der Waals surface area contributed by atoms with Crippen molar-refractivity contribution in [3.8, 4) is 11.5 Å². The molecule has 0 radical (unpaired) electrons. The zero-order valence-electron chi connectivity index (χ0n) is 18.5. The minimum absolute atomic E-state index is 0.0475. The van der Waals surface area contributed by atoms with Crippen LogP contribution in [0.15, 0.2) is 53.5 Å². The third-order valence-corrected chi connectivity index (χ3v) is 5.37. The lowest BCUT2D eigenvalue weighted by Gasteiger charge is -2.23. The molecule has 0 amide bonds. The average molecular weight is 411 g/mol. The molecule has 162 valence electrons. The predicted molar refractivity (Wildman–Crippen MR) is 124 cm³/mol. The number of benzene rings is 2. The monoisotopic (exact) mass is 410 g/mol. The van der Waals surface area contributed by atoms with Crippen molar-refractivity contribution >= 4 is 11.6 Å². The Labute approximate surface area is 180 Å². The first-order valence-corrected chi connectivity index (χ1v) is 10.7. The van der Waals surface area contributed by atoms with Crippen molar-refractivity contribution in [3.05, 3.63) is 54.1 Å². The SMILES string of the molecule is CN=C(NCC(C)Oc1ccccc1OC)NC(C)c1cccc(N2CCCC2)c1. The molecule has 2 aromatic carbocycles. The Morgan fingerprint density at radius 2 is 1.80 bits per heavy atom. The van der Waals surface area contributed by atoms with Crippen LogP contribution in [-0.4, -0.2) is 45.9 Å². The lowest BCUT2D eigenvalue weighted by molar-refractivity contribution is 0.213. The molecule has 0 aliphatic carbocycles. The van der Waals surface area contributed by atoms with Crippen LogP contribution < -0.4 is 25.0 Å². The van der Waals surface area contributed by atoms with E-state index < -0.39 is 0 Å². The molecule has 1 aliphatic rings. The normalized spacial score (nSPS) is 16.1. The molecule has 2 N–H and O–H groups in total. The van der Waals surface area contributed by atoms with Crippen LogP contribution in [0.1, 0.15) is 38.3 Å². The van der Waals surface area contributed by atoms with Crippen LogP contribution in [0.25, 0.3) is 0 Å². The van der Waals surface area contributed by atoms with Gasteiger partial charge in [0.05, 0.1) is 19.7 Å². The Bertz CT molecular complexity index is 833. The van der Waals surface area contributed by atoms with E-state index in [9.17, 15) is 0 Å². The van der Waals surface area contributed by atoms with E-state index in [0.717, 1.165) is 30.5 Å². The summed E-state index contributed by atoms with van der Waals surface area (Å²) in [5, 5.41) is 6.84. The number of ether oxygens (including phenoxy) is 2. The molecule has 6 heteroatoms. The Morgan fingerprint density at radius 1 is 1.07 bits per heavy atom. The summed E-state index contributed by atoms with van der Waals surface area (Å²) in [7, 11) is 3.44. The summed E-state index contributed by atoms with van der Waals surface area (Å²) in [6.45, 7) is 7.11. The predicted octanol–water partition coefficient (Wildman–Crippen LogP) is 3.99. The molecule has 1 heterocycles. The third-order valence-electron chi connectivity index (χ3n) is 5.37. The number of nitrogens with one attached hydrogen (secondary N) is 2. The zero-order valence-corrected chi connectivity index (χ0v) is 18.5. The van der Waals surface area contributed by atoms with Gasteiger partial charge >= 0.3 is 0 Å². The minimum Gasteiger partial charge on any atom is -0.493 e. The van der Waals surface area contributed by atoms with Crippen LogP contribution in [0.3, 0.4) is 0 Å². The molecule has 1 aliphatic heterocycles. The summed E-state index contributed by atoms with van der Waals surface area (Å²) in [6, 6.07) is 16.6. The van der Waals surface area contributed by atoms with Crippen molar-refractivity contribution in [2.24, 2.45) is 4.99 Å². The van der Waals surface area contributed by atoms with Crippen molar-refractivity contribution in [2.75, 3.05) is 38.7 Å². The van der Waals surface area contributed by atoms with Crippen molar-refractivity contribution in [1.82, 2.24) is 10.6 Å². The first kappa shape index (κ1) is 21.8. The van der Waals surface area contributed by atoms with Crippen molar-refractivity contribution in [1.29, 1.82) is 0 Å². The van der Waals surface area contributed by atoms with E-state index in [4.69, 9.17) is 9.47 Å². The summed E-state index contributed by atoms with van der Waals surface area (Å²) in [6.07, 6.45) is 2.52. The van der Waals surface area contributed by atoms with Crippen molar-refractivity contribution < 1.29 is 9.47 Å². The molecule has 2 atom stereocenters. The standard InChI is InChI=1S/C24H34N4O2/c1-18(30-23-13-6-5-12-22(23)29-4)17-26-24(25-3)27-19(2)20-10-9-11-21(16-20)28-14-7-8-15-28/h5-6,9-13,16,18-19H,7-8,14-15,17H2,1-4H3,(H2,25,26,27). The van der Waals surface area contributed by atoms with Gasteiger partial charge in [-0.2, -0.15) is 0 Å². The maximum Gasteiger partial charge on any atom is 0.191 e. The van der Waals surface area contributed by atoms with E-state index in [-0.39, 0.29) is 12.1 Å². The Balaban J connectivity index is 1.53. The summed E-state index contributed by atoms with van der Waals surface area (Å²) in [4.78, 5) is 6.83. The molecule has 2 unspecified atom stereocenters. The fourth-order valence-corrected chi connectivity index (χ4v) is 3.66. The molecule has 6 nitrogen and oxygen atoms in total. The van der Waals surface area contributed by atoms with Gasteiger partial charge in [0.1, 0.15) is 6.10 Å². The summed E-state index contributed by atoms with van der Waals surface area (Å²) < 4.78 is 11.4. The first-order valence-electron chi connectivity index (χ1n) is 10.7. The van der Waals surface area contributed by atoms with Gasteiger partial charge in [-0.3, -0.25) is 4.99 Å². The molecule has 0 aromatic heterocycles. The van der Waals surface area contributed by atoms with Gasteiger partial charge in [-0.05, 0) is 56.5 Å². The fourth-order valence-electron chi connectivity index (χ4n) is 3.66. The Morgan fingerprint density at radius 3 is 2.50 bits per heavy atom. The second-order valence-electron chi connectivity index (χ2n) is 7.69. The second-order valence-corrected chi connectivity index (χ2v) is 7.69. The molecule has 0 bridgehead atoms. The van der Waals surface area contributed by atoms with Gasteiger partial charge in [-0.25, -0.2) is 0 Å². The van der Waals surface area contributed by atoms with Crippen LogP contribution in [0.4, 0.5) is 5.69 Å². The topological polar surface area (TPSA) is 58.1 Å². The Hall–Kier alpha value is -2.89. The van der Waals surface area contributed by atoms with Crippen LogP contribution in [0.5, 0.6) is 11.5 Å². The highest BCUT2D eigenvalue weighted by Crippen LogP contribution is 2.27. The zero-order chi connectivity index (χ0) is 21.3. The lowest BCUT2D eigenvalue weighted by atomic mass is 10.1. The van der Waals surface area contributed by atoms with Gasteiger partial charge in [-0.15, -0.1) is 0 Å². The van der Waals surface area contributed by atoms with Gasteiger partial charge in [0.2, 0.25) is 0 Å². The molecule has 0 saturated carbocycles. The van der Waals surface area contributed by atoms with Gasteiger partial charge in [-0.1, -0.05) is 24.3 Å². The molecule has 2 aromatic rings. The number of methoxy groups -OCH3 is 1. The van der Waals surface area contributed by atoms with Gasteiger partial charge in [0.15, 0.2) is 17.5 Å². The van der Waals surface area contributed by atoms with Gasteiger partial charge < -0.3 is 25.0 Å². The molecular weight excluding hydrogens is 376 g/mol. The number of aliphatic imine (C=N–C) groups is 1. The second kappa shape index (κ2) is 10.8. The molecule has 30 heavy (non-hydrogen) atoms. The average Bonchev–Trinajstić information content (AvgIpc) is 3.32. The molecule has 1 saturated heterocycles. The van der Waals surface area contributed by atoms with Crippen LogP contribution in [0.2, 0.25) is 0 Å². The van der Waals surface area contributed by atoms with E-state index in [0.29, 0.717) is 6.54 Å². The number of anilines is 1. The lowest BCUT2D eigenvalue weighted by Crippen LogP contribution is -2.42. The molecule has 3 rings (SSSR count). The highest BCUT2D eigenvalue weighted by molar-refractivity contribution is 5.80. The summed E-state index contributed by atoms with van der Waals surface area (Å²) in [5.41, 5.74) is 2.56. The van der Waals surface area contributed by atoms with E-state index >= 15 is 0 Å². The highest BCUT2D eigenvalue weighted by Gasteiger charge is 2.15. The number of hydrogen-bond donors (Lipinski definition) is 2. The third kappa shape index (κ3) is 5.81. The van der Waals surface area contributed by atoms with Gasteiger partial charge in [0, 0.05) is 25.8 Å². The largest absolute Gasteiger partial charge is 0.493 e. The highest BCUT2D eigenvalue weighted by atomic mass is 16.5. The Kier molecular flexibility index (Phi) is 7.82. The first-order chi connectivity index (χ1) is 14.6. The number of rotatable bonds is 8. The number of para-hydroxylation sites is 2. The van der Waals surface area contributed by atoms with Crippen LogP contribution in [0, 0.1) is 0 Å². The van der Waals surface area contributed by atoms with E-state index in [1.54, 1.807) is 14.2 Å². The van der Waals surface area contributed by atoms with Crippen LogP contribution >= 0.6 is 0 Å². The summed E-state index contributed by atoms with van der Waals surface area (Å²) in [5.74, 6) is 2.23. The van der Waals surface area contributed by atoms with Crippen molar-refractivity contribution in [3.63, 3.8) is 0 Å². The quantitative estimate of drug-likeness (QED) is 0.509. The summed E-state index contributed by atoms with van der Waals surface area (Å²) >= 11 is 0.